The maximum atomic E-state index is 12.4. The van der Waals surface area contributed by atoms with Crippen molar-refractivity contribution >= 4 is 27.3 Å². The van der Waals surface area contributed by atoms with Gasteiger partial charge < -0.3 is 4.90 Å². The smallest absolute Gasteiger partial charge is 0.253 e. The van der Waals surface area contributed by atoms with Crippen LogP contribution >= 0.6 is 11.6 Å². The molecule has 0 spiro atoms. The number of hydrogen-bond donors (Lipinski definition) is 0. The lowest BCUT2D eigenvalue weighted by molar-refractivity contribution is 0.0785. The van der Waals surface area contributed by atoms with Gasteiger partial charge in [-0.3, -0.25) is 4.79 Å². The van der Waals surface area contributed by atoms with Crippen LogP contribution in [0.2, 0.25) is 5.02 Å². The van der Waals surface area contributed by atoms with Gasteiger partial charge in [0.25, 0.3) is 5.91 Å². The van der Waals surface area contributed by atoms with Crippen LogP contribution in [0.3, 0.4) is 0 Å². The third kappa shape index (κ3) is 3.87. The Morgan fingerprint density at radius 3 is 2.45 bits per heavy atom. The highest BCUT2D eigenvalue weighted by molar-refractivity contribution is 7.90. The number of amides is 1. The van der Waals surface area contributed by atoms with Crippen LogP contribution in [0.5, 0.6) is 0 Å². The Bertz CT molecular complexity index is 803. The summed E-state index contributed by atoms with van der Waals surface area (Å²) in [5.74, 6) is -0.259. The summed E-state index contributed by atoms with van der Waals surface area (Å²) in [5, 5.41) is 0.590. The Kier molecular flexibility index (Phi) is 4.88. The Balaban J connectivity index is 2.23. The van der Waals surface area contributed by atoms with Gasteiger partial charge >= 0.3 is 0 Å². The van der Waals surface area contributed by atoms with Crippen molar-refractivity contribution in [2.24, 2.45) is 0 Å². The van der Waals surface area contributed by atoms with Crippen LogP contribution in [-0.2, 0) is 16.4 Å². The van der Waals surface area contributed by atoms with Crippen LogP contribution in [-0.4, -0.2) is 32.5 Å². The molecule has 4 nitrogen and oxygen atoms in total. The fourth-order valence-electron chi connectivity index (χ4n) is 2.03. The van der Waals surface area contributed by atoms with Crippen LogP contribution < -0.4 is 0 Å². The molecule has 0 heterocycles. The van der Waals surface area contributed by atoms with Gasteiger partial charge in [0.15, 0.2) is 9.84 Å². The molecule has 1 amide bonds. The summed E-state index contributed by atoms with van der Waals surface area (Å²) in [5.41, 5.74) is 1.16. The van der Waals surface area contributed by atoms with Gasteiger partial charge in [0.05, 0.1) is 4.90 Å². The van der Waals surface area contributed by atoms with Crippen LogP contribution in [0.1, 0.15) is 15.9 Å². The number of nitrogens with zero attached hydrogens (tertiary/aromatic N) is 1. The number of hydrogen-bond acceptors (Lipinski definition) is 3. The van der Waals surface area contributed by atoms with Crippen molar-refractivity contribution in [2.75, 3.05) is 13.3 Å². The first-order chi connectivity index (χ1) is 10.3. The van der Waals surface area contributed by atoms with Gasteiger partial charge in [-0.05, 0) is 29.8 Å². The average molecular weight is 338 g/mol. The zero-order chi connectivity index (χ0) is 16.3. The molecule has 0 radical (unpaired) electrons. The van der Waals surface area contributed by atoms with Gasteiger partial charge in [0.1, 0.15) is 0 Å². The number of sulfone groups is 1. The second-order valence-corrected chi connectivity index (χ2v) is 7.48. The van der Waals surface area contributed by atoms with Crippen LogP contribution in [0.25, 0.3) is 0 Å². The molecule has 2 aromatic rings. The van der Waals surface area contributed by atoms with Crippen molar-refractivity contribution in [1.82, 2.24) is 4.90 Å². The van der Waals surface area contributed by atoms with E-state index in [1.807, 2.05) is 18.2 Å². The molecule has 2 rings (SSSR count). The summed E-state index contributed by atoms with van der Waals surface area (Å²) >= 11 is 6.09. The predicted octanol–water partition coefficient (Wildman–Crippen LogP) is 3.02. The minimum Gasteiger partial charge on any atom is -0.337 e. The first kappa shape index (κ1) is 16.5. The standard InChI is InChI=1S/C16H16ClNO3S/c1-18(11-13-6-3-4-9-15(13)17)16(19)12-7-5-8-14(10-12)22(2,20)21/h3-10H,11H2,1-2H3. The summed E-state index contributed by atoms with van der Waals surface area (Å²) in [7, 11) is -1.69. The highest BCUT2D eigenvalue weighted by Gasteiger charge is 2.16. The molecule has 0 aromatic heterocycles. The van der Waals surface area contributed by atoms with E-state index in [2.05, 4.69) is 0 Å². The molecule has 22 heavy (non-hydrogen) atoms. The number of benzene rings is 2. The topological polar surface area (TPSA) is 54.5 Å². The fourth-order valence-corrected chi connectivity index (χ4v) is 2.90. The van der Waals surface area contributed by atoms with Crippen molar-refractivity contribution in [3.63, 3.8) is 0 Å². The number of carbonyl (C=O) groups excluding carboxylic acids is 1. The van der Waals surface area contributed by atoms with Crippen molar-refractivity contribution in [3.05, 3.63) is 64.7 Å². The van der Waals surface area contributed by atoms with Gasteiger partial charge in [0, 0.05) is 30.4 Å². The average Bonchev–Trinajstić information content (AvgIpc) is 2.48. The van der Waals surface area contributed by atoms with Crippen molar-refractivity contribution in [3.8, 4) is 0 Å². The van der Waals surface area contributed by atoms with Gasteiger partial charge in [-0.15, -0.1) is 0 Å². The molecule has 0 atom stereocenters. The van der Waals surface area contributed by atoms with E-state index < -0.39 is 9.84 Å². The molecule has 0 bridgehead atoms. The second-order valence-electron chi connectivity index (χ2n) is 5.05. The quantitative estimate of drug-likeness (QED) is 0.861. The fraction of sp³-hybridized carbons (Fsp3) is 0.188. The van der Waals surface area contributed by atoms with E-state index >= 15 is 0 Å². The van der Waals surface area contributed by atoms with E-state index in [0.29, 0.717) is 17.1 Å². The number of rotatable bonds is 4. The molecule has 0 fully saturated rings. The Labute approximate surface area is 135 Å². The molecule has 0 aliphatic heterocycles. The summed E-state index contributed by atoms with van der Waals surface area (Å²) in [4.78, 5) is 14.1. The molecule has 0 aliphatic rings. The van der Waals surface area contributed by atoms with E-state index in [1.54, 1.807) is 25.2 Å². The molecule has 2 aromatic carbocycles. The summed E-state index contributed by atoms with van der Waals surface area (Å²) in [6.45, 7) is 0.349. The first-order valence-electron chi connectivity index (χ1n) is 6.58. The molecule has 116 valence electrons. The highest BCUT2D eigenvalue weighted by Crippen LogP contribution is 2.18. The predicted molar refractivity (Wildman–Crippen MR) is 86.8 cm³/mol. The van der Waals surface area contributed by atoms with E-state index in [1.165, 1.54) is 17.0 Å². The monoisotopic (exact) mass is 337 g/mol. The van der Waals surface area contributed by atoms with Crippen molar-refractivity contribution in [1.29, 1.82) is 0 Å². The molecular formula is C16H16ClNO3S. The summed E-state index contributed by atoms with van der Waals surface area (Å²) in [6.07, 6.45) is 1.12. The zero-order valence-electron chi connectivity index (χ0n) is 12.3. The summed E-state index contributed by atoms with van der Waals surface area (Å²) in [6, 6.07) is 13.3. The van der Waals surface area contributed by atoms with Crippen LogP contribution in [0.15, 0.2) is 53.4 Å². The van der Waals surface area contributed by atoms with Gasteiger partial charge in [-0.2, -0.15) is 0 Å². The number of halogens is 1. The maximum Gasteiger partial charge on any atom is 0.253 e. The lowest BCUT2D eigenvalue weighted by Crippen LogP contribution is -2.26. The number of carbonyl (C=O) groups is 1. The third-order valence-corrected chi connectivity index (χ3v) is 4.70. The first-order valence-corrected chi connectivity index (χ1v) is 8.85. The van der Waals surface area contributed by atoms with E-state index in [4.69, 9.17) is 11.6 Å². The zero-order valence-corrected chi connectivity index (χ0v) is 13.9. The Morgan fingerprint density at radius 2 is 1.82 bits per heavy atom. The molecule has 0 N–H and O–H groups in total. The van der Waals surface area contributed by atoms with Crippen molar-refractivity contribution in [2.45, 2.75) is 11.4 Å². The Morgan fingerprint density at radius 1 is 1.14 bits per heavy atom. The third-order valence-electron chi connectivity index (χ3n) is 3.22. The van der Waals surface area contributed by atoms with Crippen molar-refractivity contribution < 1.29 is 13.2 Å². The lowest BCUT2D eigenvalue weighted by atomic mass is 10.1. The highest BCUT2D eigenvalue weighted by atomic mass is 35.5. The normalized spacial score (nSPS) is 11.2. The van der Waals surface area contributed by atoms with E-state index in [0.717, 1.165) is 11.8 Å². The SMILES string of the molecule is CN(Cc1ccccc1Cl)C(=O)c1cccc(S(C)(=O)=O)c1. The van der Waals surface area contributed by atoms with Gasteiger partial charge in [-0.25, -0.2) is 8.42 Å². The van der Waals surface area contributed by atoms with E-state index in [-0.39, 0.29) is 10.8 Å². The molecule has 0 aliphatic carbocycles. The van der Waals surface area contributed by atoms with Crippen LogP contribution in [0, 0.1) is 0 Å². The molecule has 0 unspecified atom stereocenters. The lowest BCUT2D eigenvalue weighted by Gasteiger charge is -2.18. The van der Waals surface area contributed by atoms with E-state index in [9.17, 15) is 13.2 Å². The largest absolute Gasteiger partial charge is 0.337 e. The van der Waals surface area contributed by atoms with Gasteiger partial charge in [0.2, 0.25) is 0 Å². The van der Waals surface area contributed by atoms with Crippen LogP contribution in [0.4, 0.5) is 0 Å². The minimum atomic E-state index is -3.34. The second kappa shape index (κ2) is 6.50. The van der Waals surface area contributed by atoms with Gasteiger partial charge in [-0.1, -0.05) is 35.9 Å². The molecule has 0 saturated heterocycles. The minimum absolute atomic E-state index is 0.129. The Hall–Kier alpha value is -1.85. The molecular weight excluding hydrogens is 322 g/mol. The molecule has 6 heteroatoms. The summed E-state index contributed by atoms with van der Waals surface area (Å²) < 4.78 is 23.1. The molecule has 0 saturated carbocycles. The maximum absolute atomic E-state index is 12.4.